The van der Waals surface area contributed by atoms with Crippen LogP contribution >= 0.6 is 0 Å². The molecular weight excluding hydrogens is 819 g/mol. The number of esters is 1. The van der Waals surface area contributed by atoms with Crippen LogP contribution in [0.2, 0.25) is 0 Å². The number of nitrogens with two attached hydrogens (primary N) is 1. The summed E-state index contributed by atoms with van der Waals surface area (Å²) in [4.78, 5) is 25.9. The first kappa shape index (κ1) is 54.1. The molecule has 0 aromatic carbocycles. The number of hydrogen-bond donors (Lipinski definition) is 10. The van der Waals surface area contributed by atoms with Crippen LogP contribution in [0, 0.1) is 17.8 Å². The van der Waals surface area contributed by atoms with Gasteiger partial charge in [0.1, 0.15) is 18.0 Å². The molecule has 0 aliphatic carbocycles. The minimum Gasteiger partial charge on any atom is -0.462 e. The summed E-state index contributed by atoms with van der Waals surface area (Å²) in [6.45, 7) is 8.48. The monoisotopic (exact) mass is 891 g/mol. The molecule has 0 spiro atoms. The highest BCUT2D eigenvalue weighted by molar-refractivity contribution is 5.82. The number of cyclic esters (lactones) is 1. The average Bonchev–Trinajstić information content (AvgIpc) is 3.21. The van der Waals surface area contributed by atoms with E-state index in [1.165, 1.54) is 0 Å². The molecule has 63 heavy (non-hydrogen) atoms. The van der Waals surface area contributed by atoms with Crippen LogP contribution in [0.25, 0.3) is 0 Å². The van der Waals surface area contributed by atoms with E-state index in [9.17, 15) is 55.5 Å². The highest BCUT2D eigenvalue weighted by atomic mass is 16.7. The summed E-state index contributed by atoms with van der Waals surface area (Å²) in [6.07, 6.45) is 8.28. The van der Waals surface area contributed by atoms with Gasteiger partial charge in [0, 0.05) is 37.0 Å². The summed E-state index contributed by atoms with van der Waals surface area (Å²) in [7, 11) is 0. The van der Waals surface area contributed by atoms with E-state index in [-0.39, 0.29) is 37.4 Å². The molecule has 3 aliphatic rings. The van der Waals surface area contributed by atoms with Gasteiger partial charge in [-0.05, 0) is 33.1 Å². The zero-order valence-electron chi connectivity index (χ0n) is 37.1. The van der Waals surface area contributed by atoms with Crippen molar-refractivity contribution in [1.82, 2.24) is 0 Å². The molecule has 2 saturated heterocycles. The first-order chi connectivity index (χ1) is 29.7. The summed E-state index contributed by atoms with van der Waals surface area (Å²) < 4.78 is 23.4. The van der Waals surface area contributed by atoms with Gasteiger partial charge in [0.15, 0.2) is 12.1 Å². The molecule has 0 aromatic heterocycles. The Morgan fingerprint density at radius 2 is 1.22 bits per heavy atom. The summed E-state index contributed by atoms with van der Waals surface area (Å²) in [5.41, 5.74) is 6.04. The van der Waals surface area contributed by atoms with Gasteiger partial charge in [-0.15, -0.1) is 0 Å². The number of Topliss-reactive ketones (excluding diaryl/α,β-unsaturated/α-hetero) is 1. The Labute approximate surface area is 371 Å². The van der Waals surface area contributed by atoms with Crippen molar-refractivity contribution in [3.63, 3.8) is 0 Å². The number of carbonyl (C=O) groups is 2. The maximum Gasteiger partial charge on any atom is 0.308 e. The average molecular weight is 892 g/mol. The van der Waals surface area contributed by atoms with E-state index < -0.39 is 135 Å². The molecule has 3 aliphatic heterocycles. The summed E-state index contributed by atoms with van der Waals surface area (Å²) in [5, 5.41) is 96.8. The number of ketones is 1. The second-order valence-electron chi connectivity index (χ2n) is 17.4. The lowest BCUT2D eigenvalue weighted by Crippen LogP contribution is -2.61. The van der Waals surface area contributed by atoms with Gasteiger partial charge in [-0.1, -0.05) is 106 Å². The highest BCUT2D eigenvalue weighted by Gasteiger charge is 2.47. The molecule has 0 aromatic rings. The van der Waals surface area contributed by atoms with E-state index >= 15 is 0 Å². The molecule has 0 radical (unpaired) electrons. The third-order valence-corrected chi connectivity index (χ3v) is 11.9. The first-order valence-electron chi connectivity index (χ1n) is 22.0. The fourth-order valence-corrected chi connectivity index (χ4v) is 7.65. The van der Waals surface area contributed by atoms with Gasteiger partial charge in [-0.25, -0.2) is 0 Å². The number of aliphatic hydroxyl groups excluding tert-OH is 8. The van der Waals surface area contributed by atoms with Crippen molar-refractivity contribution >= 4 is 11.8 Å². The predicted molar refractivity (Wildman–Crippen MR) is 234 cm³/mol. The van der Waals surface area contributed by atoms with Crippen LogP contribution in [0.3, 0.4) is 0 Å². The Morgan fingerprint density at radius 3 is 1.83 bits per heavy atom. The zero-order valence-corrected chi connectivity index (χ0v) is 37.1. The first-order valence-corrected chi connectivity index (χ1v) is 22.0. The fourth-order valence-electron chi connectivity index (χ4n) is 7.65. The molecule has 0 amide bonds. The molecule has 0 saturated carbocycles. The predicted octanol–water partition coefficient (Wildman–Crippen LogP) is 1.86. The van der Waals surface area contributed by atoms with Gasteiger partial charge in [0.25, 0.3) is 0 Å². The van der Waals surface area contributed by atoms with E-state index in [1.54, 1.807) is 58.1 Å². The molecule has 16 nitrogen and oxygen atoms in total. The molecule has 0 unspecified atom stereocenters. The summed E-state index contributed by atoms with van der Waals surface area (Å²) in [5.74, 6) is -4.62. The van der Waals surface area contributed by atoms with E-state index in [0.29, 0.717) is 0 Å². The molecule has 3 rings (SSSR count). The zero-order chi connectivity index (χ0) is 46.9. The molecule has 356 valence electrons. The van der Waals surface area contributed by atoms with Crippen LogP contribution in [0.5, 0.6) is 0 Å². The van der Waals surface area contributed by atoms with Crippen molar-refractivity contribution in [2.75, 3.05) is 0 Å². The number of allylic oxidation sites excluding steroid dienone is 12. The van der Waals surface area contributed by atoms with E-state index in [4.69, 9.17) is 24.7 Å². The minimum absolute atomic E-state index is 0.0115. The van der Waals surface area contributed by atoms with E-state index in [1.807, 2.05) is 61.6 Å². The number of hydrogen-bond acceptors (Lipinski definition) is 16. The normalized spacial score (nSPS) is 41.9. The van der Waals surface area contributed by atoms with Crippen molar-refractivity contribution in [1.29, 1.82) is 0 Å². The van der Waals surface area contributed by atoms with Crippen LogP contribution in [0.4, 0.5) is 0 Å². The van der Waals surface area contributed by atoms with Crippen molar-refractivity contribution < 1.29 is 74.5 Å². The van der Waals surface area contributed by atoms with E-state index in [0.717, 1.165) is 0 Å². The van der Waals surface area contributed by atoms with Gasteiger partial charge in [-0.2, -0.15) is 0 Å². The number of carbonyl (C=O) groups excluding carboxylic acids is 2. The minimum atomic E-state index is -2.15. The fraction of sp³-hybridized carbons (Fsp3) is 0.660. The van der Waals surface area contributed by atoms with Crippen LogP contribution in [-0.4, -0.2) is 149 Å². The largest absolute Gasteiger partial charge is 0.462 e. The van der Waals surface area contributed by atoms with Gasteiger partial charge >= 0.3 is 5.97 Å². The van der Waals surface area contributed by atoms with Crippen LogP contribution in [0.1, 0.15) is 86.0 Å². The van der Waals surface area contributed by atoms with Gasteiger partial charge < -0.3 is 70.6 Å². The van der Waals surface area contributed by atoms with Gasteiger partial charge in [0.05, 0.1) is 79.9 Å². The Kier molecular flexibility index (Phi) is 22.9. The smallest absolute Gasteiger partial charge is 0.308 e. The Morgan fingerprint density at radius 1 is 0.651 bits per heavy atom. The van der Waals surface area contributed by atoms with Crippen LogP contribution in [0.15, 0.2) is 85.1 Å². The maximum absolute atomic E-state index is 13.3. The standard InChI is InChI=1S/C47H73NO15/c1-28-18-16-14-12-10-8-6-7-9-11-13-15-17-19-36(62-46-45(58)42(48)44(57)32(5)61-46)25-40-30(3)39(54)27-47(59,63-40)26-35(51)23-38(53)37(52)21-20-33(49)22-34(50)24-41(55)60-31(4)29(2)43(28)56/h6-19,28-38,40,42-46,49-53,56-59H,20-27,48H2,1-5H3/t28-,29-,30+,31-,32+,33+,34+,35-,36-,37+,38+,40-,42-,43+,44+,45-,46-,47+/m0/s1. The lowest BCUT2D eigenvalue weighted by atomic mass is 9.85. The number of rotatable bonds is 2. The lowest BCUT2D eigenvalue weighted by Gasteiger charge is -2.43. The Bertz CT molecular complexity index is 1610. The van der Waals surface area contributed by atoms with E-state index in [2.05, 4.69) is 0 Å². The quantitative estimate of drug-likeness (QED) is 0.177. The molecule has 2 fully saturated rings. The second kappa shape index (κ2) is 26.7. The number of ether oxygens (including phenoxy) is 4. The second-order valence-corrected chi connectivity index (χ2v) is 17.4. The molecule has 18 atom stereocenters. The Balaban J connectivity index is 1.81. The maximum atomic E-state index is 13.3. The van der Waals surface area contributed by atoms with Crippen molar-refractivity contribution in [3.8, 4) is 0 Å². The highest BCUT2D eigenvalue weighted by Crippen LogP contribution is 2.36. The van der Waals surface area contributed by atoms with Crippen molar-refractivity contribution in [2.45, 2.75) is 177 Å². The molecule has 3 heterocycles. The van der Waals surface area contributed by atoms with Gasteiger partial charge in [-0.3, -0.25) is 9.59 Å². The van der Waals surface area contributed by atoms with Gasteiger partial charge in [0.2, 0.25) is 0 Å². The number of fused-ring (bicyclic) bond motifs is 2. The number of aliphatic hydroxyl groups is 9. The molecule has 11 N–H and O–H groups in total. The van der Waals surface area contributed by atoms with Crippen LogP contribution in [-0.2, 0) is 28.5 Å². The molecule has 16 heteroatoms. The SMILES string of the molecule is C[C@@H]1[C@H](O)[C@@H](C)C=CC=CC=CC=CC=CC=CC=C[C@H](O[C@@H]2O[C@H](C)[C@@H](O)[C@H](N)[C@@H]2O)C[C@@H]2O[C@@](O)(CC(=O)[C@H]2C)C[C@@H](O)C[C@@H](O)[C@H](O)CC[C@@H](O)C[C@@H](O)CC(=O)O[C@H]1C. The lowest BCUT2D eigenvalue weighted by molar-refractivity contribution is -0.290. The molecular formula is C47H73NO15. The summed E-state index contributed by atoms with van der Waals surface area (Å²) >= 11 is 0. The third kappa shape index (κ3) is 18.3. The van der Waals surface area contributed by atoms with Crippen molar-refractivity contribution in [2.24, 2.45) is 23.5 Å². The Hall–Kier alpha value is -3.20. The third-order valence-electron chi connectivity index (χ3n) is 11.9. The van der Waals surface area contributed by atoms with Crippen molar-refractivity contribution in [3.05, 3.63) is 85.1 Å². The van der Waals surface area contributed by atoms with Crippen LogP contribution < -0.4 is 5.73 Å². The summed E-state index contributed by atoms with van der Waals surface area (Å²) in [6, 6.07) is -1.06. The molecule has 2 bridgehead atoms. The topological polar surface area (TPSA) is 279 Å².